The van der Waals surface area contributed by atoms with E-state index in [0.717, 1.165) is 44.3 Å². The van der Waals surface area contributed by atoms with Crippen LogP contribution in [-0.4, -0.2) is 64.2 Å². The molecule has 0 fully saturated rings. The maximum Gasteiger partial charge on any atom is 0.185 e. The molecule has 29 heavy (non-hydrogen) atoms. The molecule has 0 bridgehead atoms. The number of aryl methyl sites for hydroxylation is 2. The van der Waals surface area contributed by atoms with Gasteiger partial charge in [0.15, 0.2) is 4.80 Å². The number of phenols is 1. The average Bonchev–Trinajstić information content (AvgIpc) is 3.00. The van der Waals surface area contributed by atoms with Crippen LogP contribution in [0.25, 0.3) is 21.0 Å². The molecule has 3 aromatic rings. The monoisotopic (exact) mass is 461 g/mol. The third-order valence-corrected chi connectivity index (χ3v) is 6.17. The average molecular weight is 462 g/mol. The molecule has 0 aliphatic heterocycles. The van der Waals surface area contributed by atoms with Crippen molar-refractivity contribution >= 4 is 57.1 Å². The lowest BCUT2D eigenvalue weighted by atomic mass is 10.0. The first-order chi connectivity index (χ1) is 13.1. The summed E-state index contributed by atoms with van der Waals surface area (Å²) >= 11 is 1.60. The van der Waals surface area contributed by atoms with Crippen LogP contribution < -0.4 is 4.80 Å². The van der Waals surface area contributed by atoms with E-state index in [-0.39, 0.29) is 38.0 Å². The number of hydrogen-bond donors (Lipinski definition) is 3. The third kappa shape index (κ3) is 5.42. The Hall–Kier alpha value is -1.35. The van der Waals surface area contributed by atoms with Crippen LogP contribution in [0.15, 0.2) is 29.3 Å². The minimum Gasteiger partial charge on any atom is -0.507 e. The van der Waals surface area contributed by atoms with Crippen molar-refractivity contribution in [3.05, 3.63) is 34.6 Å². The fourth-order valence-corrected chi connectivity index (χ4v) is 4.60. The second-order valence-corrected chi connectivity index (χ2v) is 7.64. The number of aliphatic hydroxyl groups is 2. The highest BCUT2D eigenvalue weighted by atomic mass is 35.5. The summed E-state index contributed by atoms with van der Waals surface area (Å²) < 4.78 is 3.17. The van der Waals surface area contributed by atoms with Crippen LogP contribution >= 0.6 is 36.2 Å². The number of aliphatic hydroxyl groups excluding tert-OH is 2. The standard InChI is InChI=1S/C20H27N3O3S.2ClH/c1-14-18(26)16-7-4-3-6-15(16)17-19(14)27-20(22(17)2)21-8-5-9-23(10-12-24)11-13-25;;/h3-4,6-7,24-26H,5,8-13H2,1-2H3;2*1H/b21-20+;;. The highest BCUT2D eigenvalue weighted by Crippen LogP contribution is 2.37. The van der Waals surface area contributed by atoms with E-state index in [1.807, 2.05) is 43.1 Å². The molecule has 0 atom stereocenters. The zero-order chi connectivity index (χ0) is 19.4. The van der Waals surface area contributed by atoms with Gasteiger partial charge < -0.3 is 19.9 Å². The van der Waals surface area contributed by atoms with E-state index in [1.165, 1.54) is 0 Å². The van der Waals surface area contributed by atoms with Crippen molar-refractivity contribution in [1.82, 2.24) is 9.47 Å². The van der Waals surface area contributed by atoms with Crippen molar-refractivity contribution in [3.8, 4) is 5.75 Å². The Morgan fingerprint density at radius 3 is 2.28 bits per heavy atom. The van der Waals surface area contributed by atoms with Crippen molar-refractivity contribution in [1.29, 1.82) is 0 Å². The molecule has 3 rings (SSSR count). The summed E-state index contributed by atoms with van der Waals surface area (Å²) in [5, 5.41) is 30.6. The molecule has 0 saturated carbocycles. The molecular weight excluding hydrogens is 433 g/mol. The fourth-order valence-electron chi connectivity index (χ4n) is 3.44. The van der Waals surface area contributed by atoms with Crippen molar-refractivity contribution in [2.45, 2.75) is 13.3 Å². The molecule has 1 heterocycles. The molecule has 3 N–H and O–H groups in total. The van der Waals surface area contributed by atoms with Crippen LogP contribution in [0.5, 0.6) is 5.75 Å². The Balaban J connectivity index is 0.00000210. The van der Waals surface area contributed by atoms with Gasteiger partial charge in [-0.25, -0.2) is 0 Å². The van der Waals surface area contributed by atoms with Gasteiger partial charge in [0.1, 0.15) is 5.75 Å². The van der Waals surface area contributed by atoms with Crippen LogP contribution in [0, 0.1) is 6.92 Å². The molecule has 0 aliphatic carbocycles. The minimum absolute atomic E-state index is 0. The van der Waals surface area contributed by atoms with Gasteiger partial charge in [-0.05, 0) is 13.3 Å². The first-order valence-corrected chi connectivity index (χ1v) is 10.0. The van der Waals surface area contributed by atoms with Crippen LogP contribution in [-0.2, 0) is 7.05 Å². The normalized spacial score (nSPS) is 11.8. The number of phenolic OH excluding ortho intramolecular Hbond substituents is 1. The highest BCUT2D eigenvalue weighted by Gasteiger charge is 2.15. The number of nitrogens with zero attached hydrogens (tertiary/aromatic N) is 3. The van der Waals surface area contributed by atoms with Crippen molar-refractivity contribution < 1.29 is 15.3 Å². The molecule has 0 radical (unpaired) electrons. The molecule has 0 saturated heterocycles. The van der Waals surface area contributed by atoms with Gasteiger partial charge in [0.25, 0.3) is 0 Å². The SMILES string of the molecule is Cc1c(O)c2ccccc2c2c1s/c(=N/CCCN(CCO)CCO)n2C.Cl.Cl. The summed E-state index contributed by atoms with van der Waals surface area (Å²) in [5.74, 6) is 0.343. The van der Waals surface area contributed by atoms with Crippen molar-refractivity contribution in [2.24, 2.45) is 12.0 Å². The van der Waals surface area contributed by atoms with Crippen LogP contribution in [0.2, 0.25) is 0 Å². The Labute approximate surface area is 186 Å². The zero-order valence-corrected chi connectivity index (χ0v) is 19.1. The van der Waals surface area contributed by atoms with E-state index < -0.39 is 0 Å². The molecule has 0 aliphatic rings. The number of aromatic nitrogens is 1. The second kappa shape index (κ2) is 11.7. The molecule has 1 aromatic heterocycles. The molecule has 0 unspecified atom stereocenters. The maximum atomic E-state index is 10.6. The van der Waals surface area contributed by atoms with E-state index in [4.69, 9.17) is 15.2 Å². The van der Waals surface area contributed by atoms with Crippen molar-refractivity contribution in [2.75, 3.05) is 39.4 Å². The number of benzene rings is 2. The Morgan fingerprint density at radius 1 is 1.03 bits per heavy atom. The van der Waals surface area contributed by atoms with E-state index in [0.29, 0.717) is 25.4 Å². The fraction of sp³-hybridized carbons (Fsp3) is 0.450. The lowest BCUT2D eigenvalue weighted by Crippen LogP contribution is -2.31. The topological polar surface area (TPSA) is 81.2 Å². The third-order valence-electron chi connectivity index (χ3n) is 4.88. The summed E-state index contributed by atoms with van der Waals surface area (Å²) in [6.45, 7) is 4.75. The van der Waals surface area contributed by atoms with E-state index in [1.54, 1.807) is 11.3 Å². The Morgan fingerprint density at radius 2 is 1.66 bits per heavy atom. The Bertz CT molecular complexity index is 998. The molecule has 6 nitrogen and oxygen atoms in total. The van der Waals surface area contributed by atoms with Gasteiger partial charge in [0, 0.05) is 49.6 Å². The summed E-state index contributed by atoms with van der Waals surface area (Å²) in [5.41, 5.74) is 2.00. The first-order valence-electron chi connectivity index (χ1n) is 9.22. The van der Waals surface area contributed by atoms with Crippen molar-refractivity contribution in [3.63, 3.8) is 0 Å². The highest BCUT2D eigenvalue weighted by molar-refractivity contribution is 7.16. The number of fused-ring (bicyclic) bond motifs is 3. The zero-order valence-electron chi connectivity index (χ0n) is 16.7. The predicted octanol–water partition coefficient (Wildman–Crippen LogP) is 2.83. The molecular formula is C20H29Cl2N3O3S. The van der Waals surface area contributed by atoms with Gasteiger partial charge in [-0.1, -0.05) is 35.6 Å². The number of rotatable bonds is 8. The van der Waals surface area contributed by atoms with Gasteiger partial charge in [-0.2, -0.15) is 0 Å². The lowest BCUT2D eigenvalue weighted by molar-refractivity contribution is 0.160. The first kappa shape index (κ1) is 25.7. The van der Waals surface area contributed by atoms with Crippen LogP contribution in [0.4, 0.5) is 0 Å². The van der Waals surface area contributed by atoms with Gasteiger partial charge in [0.05, 0.1) is 23.4 Å². The number of halogens is 2. The molecule has 0 spiro atoms. The van der Waals surface area contributed by atoms with Crippen LogP contribution in [0.3, 0.4) is 0 Å². The van der Waals surface area contributed by atoms with E-state index in [9.17, 15) is 5.11 Å². The number of hydrogen-bond acceptors (Lipinski definition) is 6. The maximum absolute atomic E-state index is 10.6. The molecule has 162 valence electrons. The summed E-state index contributed by atoms with van der Waals surface area (Å²) in [6.07, 6.45) is 0.860. The van der Waals surface area contributed by atoms with Gasteiger partial charge in [-0.15, -0.1) is 24.8 Å². The smallest absolute Gasteiger partial charge is 0.185 e. The Kier molecular flexibility index (Phi) is 10.4. The van der Waals surface area contributed by atoms with E-state index in [2.05, 4.69) is 4.57 Å². The lowest BCUT2D eigenvalue weighted by Gasteiger charge is -2.19. The summed E-state index contributed by atoms with van der Waals surface area (Å²) in [7, 11) is 2.02. The second-order valence-electron chi connectivity index (χ2n) is 6.66. The number of thiazole rings is 1. The summed E-state index contributed by atoms with van der Waals surface area (Å²) in [4.78, 5) is 7.73. The molecule has 9 heteroatoms. The van der Waals surface area contributed by atoms with E-state index >= 15 is 0 Å². The quantitative estimate of drug-likeness (QED) is 0.450. The van der Waals surface area contributed by atoms with Gasteiger partial charge >= 0.3 is 0 Å². The number of aromatic hydroxyl groups is 1. The predicted molar refractivity (Wildman–Crippen MR) is 125 cm³/mol. The van der Waals surface area contributed by atoms with Gasteiger partial charge in [-0.3, -0.25) is 9.89 Å². The largest absolute Gasteiger partial charge is 0.507 e. The molecule has 0 amide bonds. The van der Waals surface area contributed by atoms with Crippen LogP contribution in [0.1, 0.15) is 12.0 Å². The molecule has 2 aromatic carbocycles. The minimum atomic E-state index is 0. The van der Waals surface area contributed by atoms with Gasteiger partial charge in [0.2, 0.25) is 0 Å². The summed E-state index contributed by atoms with van der Waals surface area (Å²) in [6, 6.07) is 7.91.